The third-order valence-electron chi connectivity index (χ3n) is 5.15. The first-order chi connectivity index (χ1) is 14.9. The molecule has 0 saturated carbocycles. The van der Waals surface area contributed by atoms with Gasteiger partial charge in [-0.1, -0.05) is 19.1 Å². The summed E-state index contributed by atoms with van der Waals surface area (Å²) in [5.74, 6) is -0.165. The number of rotatable bonds is 9. The van der Waals surface area contributed by atoms with Crippen molar-refractivity contribution >= 4 is 21.6 Å². The van der Waals surface area contributed by atoms with Crippen molar-refractivity contribution in [2.75, 3.05) is 51.2 Å². The molecule has 3 rings (SSSR count). The molecule has 0 radical (unpaired) electrons. The minimum Gasteiger partial charge on any atom is -0.495 e. The maximum Gasteiger partial charge on any atom is 0.265 e. The summed E-state index contributed by atoms with van der Waals surface area (Å²) < 4.78 is 39.1. The summed E-state index contributed by atoms with van der Waals surface area (Å²) >= 11 is 0. The molecule has 8 nitrogen and oxygen atoms in total. The molecule has 31 heavy (non-hydrogen) atoms. The fourth-order valence-corrected chi connectivity index (χ4v) is 4.56. The maximum atomic E-state index is 13.0. The summed E-state index contributed by atoms with van der Waals surface area (Å²) in [6.07, 6.45) is 0.865. The molecule has 1 amide bonds. The first-order valence-corrected chi connectivity index (χ1v) is 11.8. The van der Waals surface area contributed by atoms with E-state index in [1.54, 1.807) is 18.2 Å². The molecular weight excluding hydrogens is 418 g/mol. The number of sulfonamides is 1. The van der Waals surface area contributed by atoms with Crippen LogP contribution in [0.15, 0.2) is 47.4 Å². The highest BCUT2D eigenvalue weighted by atomic mass is 32.2. The van der Waals surface area contributed by atoms with Gasteiger partial charge in [0.05, 0.1) is 20.3 Å². The Hall–Kier alpha value is -2.62. The Bertz CT molecular complexity index is 987. The van der Waals surface area contributed by atoms with Gasteiger partial charge in [0.25, 0.3) is 15.9 Å². The lowest BCUT2D eigenvalue weighted by Gasteiger charge is -2.26. The van der Waals surface area contributed by atoms with Crippen molar-refractivity contribution in [2.45, 2.75) is 18.2 Å². The van der Waals surface area contributed by atoms with Crippen LogP contribution in [0.3, 0.4) is 0 Å². The number of aryl methyl sites for hydroxylation is 1. The summed E-state index contributed by atoms with van der Waals surface area (Å²) in [4.78, 5) is 14.7. The van der Waals surface area contributed by atoms with E-state index >= 15 is 0 Å². The van der Waals surface area contributed by atoms with E-state index in [1.807, 2.05) is 19.1 Å². The van der Waals surface area contributed by atoms with Crippen molar-refractivity contribution < 1.29 is 22.7 Å². The second-order valence-electron chi connectivity index (χ2n) is 7.23. The molecule has 1 aliphatic rings. The zero-order chi connectivity index (χ0) is 22.3. The van der Waals surface area contributed by atoms with Crippen molar-refractivity contribution in [3.05, 3.63) is 53.6 Å². The predicted molar refractivity (Wildman–Crippen MR) is 119 cm³/mol. The fraction of sp³-hybridized carbons (Fsp3) is 0.409. The quantitative estimate of drug-likeness (QED) is 0.611. The maximum absolute atomic E-state index is 13.0. The number of hydrogen-bond donors (Lipinski definition) is 2. The van der Waals surface area contributed by atoms with Gasteiger partial charge in [-0.15, -0.1) is 0 Å². The van der Waals surface area contributed by atoms with E-state index in [-0.39, 0.29) is 22.1 Å². The summed E-state index contributed by atoms with van der Waals surface area (Å²) in [5.41, 5.74) is 1.81. The molecule has 1 saturated heterocycles. The van der Waals surface area contributed by atoms with Crippen LogP contribution in [0, 0.1) is 0 Å². The summed E-state index contributed by atoms with van der Waals surface area (Å²) in [6.45, 7) is 6.28. The number of amides is 1. The second-order valence-corrected chi connectivity index (χ2v) is 8.88. The molecule has 1 heterocycles. The van der Waals surface area contributed by atoms with Crippen molar-refractivity contribution in [3.8, 4) is 5.75 Å². The highest BCUT2D eigenvalue weighted by Gasteiger charge is 2.22. The zero-order valence-corrected chi connectivity index (χ0v) is 18.7. The van der Waals surface area contributed by atoms with Crippen LogP contribution in [-0.4, -0.2) is 65.7 Å². The number of carbonyl (C=O) groups excluding carboxylic acids is 1. The largest absolute Gasteiger partial charge is 0.495 e. The lowest BCUT2D eigenvalue weighted by molar-refractivity contribution is 0.0383. The Kier molecular flexibility index (Phi) is 7.89. The van der Waals surface area contributed by atoms with Gasteiger partial charge in [-0.3, -0.25) is 14.4 Å². The van der Waals surface area contributed by atoms with Crippen molar-refractivity contribution in [1.29, 1.82) is 0 Å². The molecule has 0 bridgehead atoms. The lowest BCUT2D eigenvalue weighted by atomic mass is 10.2. The fourth-order valence-electron chi connectivity index (χ4n) is 3.30. The molecule has 0 aliphatic carbocycles. The molecule has 2 aromatic rings. The number of benzene rings is 2. The van der Waals surface area contributed by atoms with Crippen LogP contribution in [0.2, 0.25) is 0 Å². The molecule has 9 heteroatoms. The highest BCUT2D eigenvalue weighted by Crippen LogP contribution is 2.27. The van der Waals surface area contributed by atoms with Crippen LogP contribution in [0.1, 0.15) is 22.8 Å². The summed E-state index contributed by atoms with van der Waals surface area (Å²) in [6, 6.07) is 11.5. The topological polar surface area (TPSA) is 97.0 Å². The average Bonchev–Trinajstić information content (AvgIpc) is 2.79. The van der Waals surface area contributed by atoms with Crippen LogP contribution in [-0.2, 0) is 21.2 Å². The van der Waals surface area contributed by atoms with Crippen molar-refractivity contribution in [2.24, 2.45) is 0 Å². The Morgan fingerprint density at radius 2 is 1.84 bits per heavy atom. The van der Waals surface area contributed by atoms with Crippen LogP contribution in [0.25, 0.3) is 0 Å². The monoisotopic (exact) mass is 447 g/mol. The van der Waals surface area contributed by atoms with E-state index < -0.39 is 10.0 Å². The number of anilines is 1. The summed E-state index contributed by atoms with van der Waals surface area (Å²) in [7, 11) is -2.55. The first-order valence-electron chi connectivity index (χ1n) is 10.3. The zero-order valence-electron chi connectivity index (χ0n) is 17.9. The smallest absolute Gasteiger partial charge is 0.265 e. The van der Waals surface area contributed by atoms with Crippen LogP contribution in [0.4, 0.5) is 5.69 Å². The van der Waals surface area contributed by atoms with E-state index in [2.05, 4.69) is 14.9 Å². The minimum atomic E-state index is -3.95. The number of nitrogens with zero attached hydrogens (tertiary/aromatic N) is 1. The number of methoxy groups -OCH3 is 1. The number of morpholine rings is 1. The standard InChI is InChI=1S/C22H29N3O5S/c1-3-17-4-7-19(8-5-17)24-31(27,28)21-16-18(6-9-20(21)29-2)22(26)23-10-11-25-12-14-30-15-13-25/h4-9,16,24H,3,10-15H2,1-2H3,(H,23,26). The predicted octanol–water partition coefficient (Wildman–Crippen LogP) is 2.12. The van der Waals surface area contributed by atoms with Crippen LogP contribution < -0.4 is 14.8 Å². The first kappa shape index (κ1) is 23.1. The molecule has 1 fully saturated rings. The Morgan fingerprint density at radius 1 is 1.13 bits per heavy atom. The Balaban J connectivity index is 1.71. The van der Waals surface area contributed by atoms with Gasteiger partial charge in [0.2, 0.25) is 0 Å². The number of carbonyl (C=O) groups is 1. The van der Waals surface area contributed by atoms with Gasteiger partial charge in [0.1, 0.15) is 10.6 Å². The minimum absolute atomic E-state index is 0.0876. The molecule has 2 aromatic carbocycles. The van der Waals surface area contributed by atoms with E-state index in [0.29, 0.717) is 32.0 Å². The normalized spacial score (nSPS) is 14.8. The number of ether oxygens (including phenoxy) is 2. The van der Waals surface area contributed by atoms with Gasteiger partial charge in [-0.25, -0.2) is 8.42 Å². The van der Waals surface area contributed by atoms with Gasteiger partial charge >= 0.3 is 0 Å². The molecule has 0 spiro atoms. The molecule has 1 aliphatic heterocycles. The van der Waals surface area contributed by atoms with Crippen molar-refractivity contribution in [1.82, 2.24) is 10.2 Å². The molecule has 0 unspecified atom stereocenters. The second kappa shape index (κ2) is 10.6. The van der Waals surface area contributed by atoms with Gasteiger partial charge in [0, 0.05) is 37.4 Å². The Labute approximate surface area is 183 Å². The molecule has 168 valence electrons. The van der Waals surface area contributed by atoms with Crippen LogP contribution >= 0.6 is 0 Å². The van der Waals surface area contributed by atoms with Crippen LogP contribution in [0.5, 0.6) is 5.75 Å². The summed E-state index contributed by atoms with van der Waals surface area (Å²) in [5, 5.41) is 2.85. The molecular formula is C22H29N3O5S. The van der Waals surface area contributed by atoms with Gasteiger partial charge < -0.3 is 14.8 Å². The molecule has 0 aromatic heterocycles. The van der Waals surface area contributed by atoms with E-state index in [9.17, 15) is 13.2 Å². The van der Waals surface area contributed by atoms with Gasteiger partial charge in [-0.05, 0) is 42.3 Å². The molecule has 2 N–H and O–H groups in total. The van der Waals surface area contributed by atoms with E-state index in [1.165, 1.54) is 19.2 Å². The van der Waals surface area contributed by atoms with Gasteiger partial charge in [0.15, 0.2) is 0 Å². The SMILES string of the molecule is CCc1ccc(NS(=O)(=O)c2cc(C(=O)NCCN3CCOCC3)ccc2OC)cc1. The van der Waals surface area contributed by atoms with E-state index in [4.69, 9.17) is 9.47 Å². The van der Waals surface area contributed by atoms with E-state index in [0.717, 1.165) is 25.1 Å². The third-order valence-corrected chi connectivity index (χ3v) is 6.55. The highest BCUT2D eigenvalue weighted by molar-refractivity contribution is 7.92. The lowest BCUT2D eigenvalue weighted by Crippen LogP contribution is -2.41. The van der Waals surface area contributed by atoms with Gasteiger partial charge in [-0.2, -0.15) is 0 Å². The Morgan fingerprint density at radius 3 is 2.48 bits per heavy atom. The van der Waals surface area contributed by atoms with Crippen molar-refractivity contribution in [3.63, 3.8) is 0 Å². The molecule has 0 atom stereocenters. The number of nitrogens with one attached hydrogen (secondary N) is 2. The third kappa shape index (κ3) is 6.19. The average molecular weight is 448 g/mol. The number of hydrogen-bond acceptors (Lipinski definition) is 6.